The van der Waals surface area contributed by atoms with Crippen molar-refractivity contribution in [2.45, 2.75) is 25.7 Å². The Hall–Kier alpha value is -4.06. The van der Waals surface area contributed by atoms with Gasteiger partial charge in [0.25, 0.3) is 5.56 Å². The molecule has 1 saturated carbocycles. The van der Waals surface area contributed by atoms with Gasteiger partial charge in [-0.2, -0.15) is 0 Å². The number of ether oxygens (including phenoxy) is 1. The van der Waals surface area contributed by atoms with Crippen molar-refractivity contribution in [1.82, 2.24) is 19.5 Å². The van der Waals surface area contributed by atoms with E-state index in [0.717, 1.165) is 33.2 Å². The molecule has 1 aliphatic carbocycles. The molecule has 0 N–H and O–H groups in total. The maximum Gasteiger partial charge on any atom is 0.265 e. The zero-order chi connectivity index (χ0) is 22.4. The SMILES string of the molecule is CCOc1ccc2cn(-c3ccc4ncccc4c3)c(=O)c(-c3ccc(C4CC4)nc3)c2n1. The Labute approximate surface area is 190 Å². The second-order valence-electron chi connectivity index (χ2n) is 8.33. The number of hydrogen-bond donors (Lipinski definition) is 0. The summed E-state index contributed by atoms with van der Waals surface area (Å²) in [5.41, 5.74) is 4.50. The van der Waals surface area contributed by atoms with E-state index in [1.807, 2.05) is 67.7 Å². The lowest BCUT2D eigenvalue weighted by atomic mass is 10.0. The Morgan fingerprint density at radius 2 is 1.94 bits per heavy atom. The van der Waals surface area contributed by atoms with Crippen molar-refractivity contribution in [3.8, 4) is 22.7 Å². The number of pyridine rings is 4. The third kappa shape index (κ3) is 3.53. The summed E-state index contributed by atoms with van der Waals surface area (Å²) in [6, 6.07) is 17.5. The molecule has 6 nitrogen and oxygen atoms in total. The minimum Gasteiger partial charge on any atom is -0.478 e. The summed E-state index contributed by atoms with van der Waals surface area (Å²) in [4.78, 5) is 27.6. The van der Waals surface area contributed by atoms with Gasteiger partial charge in [0.15, 0.2) is 0 Å². The van der Waals surface area contributed by atoms with E-state index in [0.29, 0.717) is 29.5 Å². The lowest BCUT2D eigenvalue weighted by Gasteiger charge is -2.14. The standard InChI is InChI=1S/C27H22N4O2/c1-2-33-24-12-8-20-16-31(21-9-11-23-18(14-21)4-3-13-28-23)27(32)25(26(20)30-24)19-7-10-22(29-15-19)17-5-6-17/h3-4,7-17H,2,5-6H2,1H3. The van der Waals surface area contributed by atoms with Crippen molar-refractivity contribution in [1.29, 1.82) is 0 Å². The Morgan fingerprint density at radius 1 is 1.03 bits per heavy atom. The first kappa shape index (κ1) is 19.6. The molecule has 6 heteroatoms. The predicted octanol–water partition coefficient (Wildman–Crippen LogP) is 5.27. The molecule has 5 aromatic rings. The predicted molar refractivity (Wildman–Crippen MR) is 129 cm³/mol. The molecule has 0 amide bonds. The first-order chi connectivity index (χ1) is 16.2. The lowest BCUT2D eigenvalue weighted by molar-refractivity contribution is 0.328. The summed E-state index contributed by atoms with van der Waals surface area (Å²) in [5, 5.41) is 1.83. The van der Waals surface area contributed by atoms with E-state index < -0.39 is 0 Å². The fraction of sp³-hybridized carbons (Fsp3) is 0.185. The van der Waals surface area contributed by atoms with E-state index in [-0.39, 0.29) is 5.56 Å². The van der Waals surface area contributed by atoms with Crippen LogP contribution in [0, 0.1) is 0 Å². The van der Waals surface area contributed by atoms with Crippen LogP contribution in [0.5, 0.6) is 5.88 Å². The second kappa shape index (κ2) is 7.81. The number of aromatic nitrogens is 4. The van der Waals surface area contributed by atoms with Crippen molar-refractivity contribution in [3.63, 3.8) is 0 Å². The molecule has 1 aromatic carbocycles. The Morgan fingerprint density at radius 3 is 2.73 bits per heavy atom. The molecule has 162 valence electrons. The topological polar surface area (TPSA) is 69.9 Å². The van der Waals surface area contributed by atoms with Crippen LogP contribution in [-0.4, -0.2) is 26.1 Å². The fourth-order valence-corrected chi connectivity index (χ4v) is 4.24. The van der Waals surface area contributed by atoms with Crippen LogP contribution in [0.4, 0.5) is 0 Å². The van der Waals surface area contributed by atoms with Gasteiger partial charge in [0.2, 0.25) is 5.88 Å². The van der Waals surface area contributed by atoms with Crippen LogP contribution >= 0.6 is 0 Å². The number of rotatable bonds is 5. The van der Waals surface area contributed by atoms with E-state index in [4.69, 9.17) is 4.74 Å². The molecule has 0 radical (unpaired) electrons. The fourth-order valence-electron chi connectivity index (χ4n) is 4.24. The minimum atomic E-state index is -0.145. The highest BCUT2D eigenvalue weighted by Crippen LogP contribution is 2.39. The van der Waals surface area contributed by atoms with Gasteiger partial charge in [0.1, 0.15) is 0 Å². The summed E-state index contributed by atoms with van der Waals surface area (Å²) >= 11 is 0. The van der Waals surface area contributed by atoms with Crippen LogP contribution in [0.1, 0.15) is 31.4 Å². The molecule has 0 unspecified atom stereocenters. The highest BCUT2D eigenvalue weighted by molar-refractivity contribution is 5.93. The van der Waals surface area contributed by atoms with Crippen molar-refractivity contribution < 1.29 is 4.74 Å². The van der Waals surface area contributed by atoms with E-state index in [9.17, 15) is 4.79 Å². The maximum atomic E-state index is 13.9. The zero-order valence-electron chi connectivity index (χ0n) is 18.2. The Kier molecular flexibility index (Phi) is 4.64. The zero-order valence-corrected chi connectivity index (χ0v) is 18.2. The third-order valence-electron chi connectivity index (χ3n) is 6.07. The molecule has 6 rings (SSSR count). The van der Waals surface area contributed by atoms with E-state index in [1.165, 1.54) is 12.8 Å². The van der Waals surface area contributed by atoms with Crippen LogP contribution in [0.2, 0.25) is 0 Å². The quantitative estimate of drug-likeness (QED) is 0.377. The monoisotopic (exact) mass is 434 g/mol. The number of hydrogen-bond acceptors (Lipinski definition) is 5. The normalized spacial score (nSPS) is 13.5. The number of fused-ring (bicyclic) bond motifs is 2. The van der Waals surface area contributed by atoms with Gasteiger partial charge in [0, 0.05) is 58.3 Å². The molecular formula is C27H22N4O2. The Balaban J connectivity index is 1.59. The second-order valence-corrected chi connectivity index (χ2v) is 8.33. The van der Waals surface area contributed by atoms with Crippen molar-refractivity contribution in [2.75, 3.05) is 6.61 Å². The maximum absolute atomic E-state index is 13.9. The summed E-state index contributed by atoms with van der Waals surface area (Å²) in [5.74, 6) is 1.06. The Bertz CT molecular complexity index is 1550. The van der Waals surface area contributed by atoms with E-state index in [2.05, 4.69) is 15.0 Å². The van der Waals surface area contributed by atoms with Crippen LogP contribution in [-0.2, 0) is 0 Å². The van der Waals surface area contributed by atoms with Crippen LogP contribution in [0.15, 0.2) is 78.0 Å². The molecule has 0 saturated heterocycles. The molecule has 33 heavy (non-hydrogen) atoms. The molecule has 0 aliphatic heterocycles. The van der Waals surface area contributed by atoms with Crippen LogP contribution < -0.4 is 10.3 Å². The van der Waals surface area contributed by atoms with Crippen molar-refractivity contribution >= 4 is 21.8 Å². The molecular weight excluding hydrogens is 412 g/mol. The van der Waals surface area contributed by atoms with Gasteiger partial charge >= 0.3 is 0 Å². The van der Waals surface area contributed by atoms with Gasteiger partial charge in [-0.1, -0.05) is 12.1 Å². The van der Waals surface area contributed by atoms with Crippen LogP contribution in [0.25, 0.3) is 38.6 Å². The number of nitrogens with zero attached hydrogens (tertiary/aromatic N) is 4. The van der Waals surface area contributed by atoms with Gasteiger partial charge < -0.3 is 4.74 Å². The van der Waals surface area contributed by atoms with Gasteiger partial charge in [-0.25, -0.2) is 4.98 Å². The van der Waals surface area contributed by atoms with Gasteiger partial charge in [-0.05, 0) is 56.2 Å². The first-order valence-corrected chi connectivity index (χ1v) is 11.2. The van der Waals surface area contributed by atoms with Crippen molar-refractivity contribution in [2.24, 2.45) is 0 Å². The summed E-state index contributed by atoms with van der Waals surface area (Å²) < 4.78 is 7.31. The van der Waals surface area contributed by atoms with Gasteiger partial charge in [-0.3, -0.25) is 19.3 Å². The third-order valence-corrected chi connectivity index (χ3v) is 6.07. The van der Waals surface area contributed by atoms with Crippen LogP contribution in [0.3, 0.4) is 0 Å². The molecule has 0 bridgehead atoms. The molecule has 1 fully saturated rings. The van der Waals surface area contributed by atoms with Crippen molar-refractivity contribution in [3.05, 3.63) is 89.2 Å². The highest BCUT2D eigenvalue weighted by Gasteiger charge is 2.25. The largest absolute Gasteiger partial charge is 0.478 e. The molecule has 4 aromatic heterocycles. The van der Waals surface area contributed by atoms with E-state index >= 15 is 0 Å². The minimum absolute atomic E-state index is 0.145. The number of benzene rings is 1. The van der Waals surface area contributed by atoms with E-state index in [1.54, 1.807) is 17.0 Å². The highest BCUT2D eigenvalue weighted by atomic mass is 16.5. The smallest absolute Gasteiger partial charge is 0.265 e. The first-order valence-electron chi connectivity index (χ1n) is 11.2. The summed E-state index contributed by atoms with van der Waals surface area (Å²) in [6.07, 6.45) is 7.77. The average molecular weight is 434 g/mol. The summed E-state index contributed by atoms with van der Waals surface area (Å²) in [7, 11) is 0. The molecule has 1 aliphatic rings. The average Bonchev–Trinajstić information content (AvgIpc) is 3.69. The van der Waals surface area contributed by atoms with Gasteiger partial charge in [0.05, 0.1) is 23.2 Å². The molecule has 0 atom stereocenters. The summed E-state index contributed by atoms with van der Waals surface area (Å²) in [6.45, 7) is 2.42. The molecule has 4 heterocycles. The molecule has 0 spiro atoms. The van der Waals surface area contributed by atoms with Gasteiger partial charge in [-0.15, -0.1) is 0 Å². The lowest BCUT2D eigenvalue weighted by Crippen LogP contribution is -2.20.